The van der Waals surface area contributed by atoms with Crippen LogP contribution in [0.1, 0.15) is 59.3 Å². The first-order valence-electron chi connectivity index (χ1n) is 7.82. The van der Waals surface area contributed by atoms with E-state index < -0.39 is 0 Å². The third-order valence-electron chi connectivity index (χ3n) is 3.49. The Labute approximate surface area is 117 Å². The van der Waals surface area contributed by atoms with Crippen LogP contribution < -0.4 is 16.4 Å². The molecule has 1 amide bonds. The van der Waals surface area contributed by atoms with Crippen molar-refractivity contribution < 1.29 is 4.79 Å². The van der Waals surface area contributed by atoms with Gasteiger partial charge in [0.25, 0.3) is 0 Å². The van der Waals surface area contributed by atoms with E-state index in [2.05, 4.69) is 31.4 Å². The monoisotopic (exact) mass is 269 g/mol. The highest BCUT2D eigenvalue weighted by Crippen LogP contribution is 2.19. The van der Waals surface area contributed by atoms with Crippen molar-refractivity contribution in [1.82, 2.24) is 10.6 Å². The highest BCUT2D eigenvalue weighted by atomic mass is 16.2. The van der Waals surface area contributed by atoms with Crippen molar-refractivity contribution in [2.24, 2.45) is 11.7 Å². The summed E-state index contributed by atoms with van der Waals surface area (Å²) in [7, 11) is 0. The number of amides is 1. The molecule has 0 bridgehead atoms. The van der Waals surface area contributed by atoms with Crippen LogP contribution in [-0.2, 0) is 4.79 Å². The molecule has 1 rings (SSSR count). The average Bonchev–Trinajstić information content (AvgIpc) is 3.11. The van der Waals surface area contributed by atoms with Crippen molar-refractivity contribution in [3.63, 3.8) is 0 Å². The highest BCUT2D eigenvalue weighted by Gasteiger charge is 2.27. The number of rotatable bonds is 10. The summed E-state index contributed by atoms with van der Waals surface area (Å²) in [6.07, 6.45) is 6.38. The van der Waals surface area contributed by atoms with Crippen molar-refractivity contribution >= 4 is 5.91 Å². The summed E-state index contributed by atoms with van der Waals surface area (Å²) in [5, 5.41) is 6.44. The van der Waals surface area contributed by atoms with E-state index in [-0.39, 0.29) is 18.0 Å². The Morgan fingerprint density at radius 1 is 1.37 bits per heavy atom. The first-order chi connectivity index (χ1) is 9.02. The van der Waals surface area contributed by atoms with Crippen LogP contribution in [0.5, 0.6) is 0 Å². The summed E-state index contributed by atoms with van der Waals surface area (Å²) in [5.41, 5.74) is 6.07. The van der Waals surface area contributed by atoms with Gasteiger partial charge in [-0.05, 0) is 31.6 Å². The second-order valence-electron chi connectivity index (χ2n) is 6.28. The molecule has 4 N–H and O–H groups in total. The molecule has 0 spiro atoms. The van der Waals surface area contributed by atoms with Gasteiger partial charge in [-0.3, -0.25) is 4.79 Å². The van der Waals surface area contributed by atoms with Crippen LogP contribution >= 0.6 is 0 Å². The standard InChI is InChI=1S/C15H31N3O/c1-4-5-6-14(15(19)18-13-7-8-13)17-10-12(16)9-11(2)3/h11-14,17H,4-10,16H2,1-3H3,(H,18,19)/t12-,14-/m0/s1. The molecule has 0 aliphatic heterocycles. The van der Waals surface area contributed by atoms with Gasteiger partial charge in [0, 0.05) is 18.6 Å². The number of hydrogen-bond acceptors (Lipinski definition) is 3. The zero-order chi connectivity index (χ0) is 14.3. The Balaban J connectivity index is 2.32. The molecule has 0 aromatic carbocycles. The predicted octanol–water partition coefficient (Wildman–Crippen LogP) is 1.79. The van der Waals surface area contributed by atoms with Gasteiger partial charge in [-0.25, -0.2) is 0 Å². The maximum atomic E-state index is 12.1. The van der Waals surface area contributed by atoms with Crippen LogP contribution in [0.3, 0.4) is 0 Å². The first-order valence-corrected chi connectivity index (χ1v) is 7.82. The molecular formula is C15H31N3O. The van der Waals surface area contributed by atoms with Crippen LogP contribution in [0.25, 0.3) is 0 Å². The van der Waals surface area contributed by atoms with Gasteiger partial charge in [-0.2, -0.15) is 0 Å². The topological polar surface area (TPSA) is 67.1 Å². The number of unbranched alkanes of at least 4 members (excludes halogenated alkanes) is 1. The number of carbonyl (C=O) groups is 1. The van der Waals surface area contributed by atoms with Gasteiger partial charge < -0.3 is 16.4 Å². The van der Waals surface area contributed by atoms with Crippen molar-refractivity contribution in [2.45, 2.75) is 77.4 Å². The maximum Gasteiger partial charge on any atom is 0.237 e. The number of carbonyl (C=O) groups excluding carboxylic acids is 1. The van der Waals surface area contributed by atoms with Crippen molar-refractivity contribution in [3.8, 4) is 0 Å². The van der Waals surface area contributed by atoms with Gasteiger partial charge in [0.05, 0.1) is 6.04 Å². The quantitative estimate of drug-likeness (QED) is 0.566. The molecule has 0 radical (unpaired) electrons. The molecule has 0 saturated heterocycles. The van der Waals surface area contributed by atoms with E-state index in [1.165, 1.54) is 0 Å². The summed E-state index contributed by atoms with van der Waals surface area (Å²) in [6.45, 7) is 7.23. The molecule has 0 aromatic heterocycles. The highest BCUT2D eigenvalue weighted by molar-refractivity contribution is 5.82. The molecular weight excluding hydrogens is 238 g/mol. The van der Waals surface area contributed by atoms with E-state index in [0.717, 1.165) is 45.1 Å². The Bertz CT molecular complexity index is 264. The number of hydrogen-bond donors (Lipinski definition) is 3. The van der Waals surface area contributed by atoms with Gasteiger partial charge in [-0.1, -0.05) is 33.6 Å². The molecule has 1 fully saturated rings. The van der Waals surface area contributed by atoms with Crippen LogP contribution in [0.15, 0.2) is 0 Å². The van der Waals surface area contributed by atoms with Gasteiger partial charge >= 0.3 is 0 Å². The Hall–Kier alpha value is -0.610. The minimum Gasteiger partial charge on any atom is -0.352 e. The van der Waals surface area contributed by atoms with Crippen LogP contribution in [0, 0.1) is 5.92 Å². The fourth-order valence-corrected chi connectivity index (χ4v) is 2.25. The molecule has 1 saturated carbocycles. The minimum absolute atomic E-state index is 0.0706. The molecule has 1 aliphatic carbocycles. The summed E-state index contributed by atoms with van der Waals surface area (Å²) < 4.78 is 0. The van der Waals surface area contributed by atoms with Gasteiger partial charge in [0.2, 0.25) is 5.91 Å². The average molecular weight is 269 g/mol. The van der Waals surface area contributed by atoms with Gasteiger partial charge in [-0.15, -0.1) is 0 Å². The SMILES string of the molecule is CCCC[C@H](NC[C@@H](N)CC(C)C)C(=O)NC1CC1. The fourth-order valence-electron chi connectivity index (χ4n) is 2.25. The Morgan fingerprint density at radius 3 is 2.58 bits per heavy atom. The lowest BCUT2D eigenvalue weighted by Crippen LogP contribution is -2.48. The molecule has 4 heteroatoms. The lowest BCUT2D eigenvalue weighted by molar-refractivity contribution is -0.123. The molecule has 19 heavy (non-hydrogen) atoms. The first kappa shape index (κ1) is 16.4. The van der Waals surface area contributed by atoms with E-state index in [4.69, 9.17) is 5.73 Å². The lowest BCUT2D eigenvalue weighted by atomic mass is 10.0. The molecule has 0 aromatic rings. The van der Waals surface area contributed by atoms with Crippen LogP contribution in [-0.4, -0.2) is 30.6 Å². The normalized spacial score (nSPS) is 18.4. The zero-order valence-corrected chi connectivity index (χ0v) is 12.7. The number of nitrogens with one attached hydrogen (secondary N) is 2. The Kier molecular flexibility index (Phi) is 7.39. The van der Waals surface area contributed by atoms with Crippen molar-refractivity contribution in [2.75, 3.05) is 6.54 Å². The van der Waals surface area contributed by atoms with E-state index in [0.29, 0.717) is 12.0 Å². The van der Waals surface area contributed by atoms with Crippen molar-refractivity contribution in [1.29, 1.82) is 0 Å². The second-order valence-corrected chi connectivity index (χ2v) is 6.28. The largest absolute Gasteiger partial charge is 0.352 e. The third-order valence-corrected chi connectivity index (χ3v) is 3.49. The zero-order valence-electron chi connectivity index (χ0n) is 12.7. The van der Waals surface area contributed by atoms with Gasteiger partial charge in [0.15, 0.2) is 0 Å². The Morgan fingerprint density at radius 2 is 2.05 bits per heavy atom. The molecule has 2 atom stereocenters. The van der Waals surface area contributed by atoms with E-state index in [1.54, 1.807) is 0 Å². The second kappa shape index (κ2) is 8.54. The van der Waals surface area contributed by atoms with E-state index in [9.17, 15) is 4.79 Å². The van der Waals surface area contributed by atoms with Crippen molar-refractivity contribution in [3.05, 3.63) is 0 Å². The molecule has 0 unspecified atom stereocenters. The van der Waals surface area contributed by atoms with E-state index >= 15 is 0 Å². The molecule has 4 nitrogen and oxygen atoms in total. The summed E-state index contributed by atoms with van der Waals surface area (Å²) in [5.74, 6) is 0.763. The molecule has 1 aliphatic rings. The predicted molar refractivity (Wildman–Crippen MR) is 79.9 cm³/mol. The summed E-state index contributed by atoms with van der Waals surface area (Å²) >= 11 is 0. The molecule has 112 valence electrons. The smallest absolute Gasteiger partial charge is 0.237 e. The van der Waals surface area contributed by atoms with Gasteiger partial charge in [0.1, 0.15) is 0 Å². The number of nitrogens with two attached hydrogens (primary N) is 1. The maximum absolute atomic E-state index is 12.1. The summed E-state index contributed by atoms with van der Waals surface area (Å²) in [4.78, 5) is 12.1. The minimum atomic E-state index is -0.0706. The summed E-state index contributed by atoms with van der Waals surface area (Å²) in [6, 6.07) is 0.499. The van der Waals surface area contributed by atoms with Crippen LogP contribution in [0.4, 0.5) is 0 Å². The lowest BCUT2D eigenvalue weighted by Gasteiger charge is -2.21. The fraction of sp³-hybridized carbons (Fsp3) is 0.933. The molecule has 0 heterocycles. The third kappa shape index (κ3) is 7.53. The van der Waals surface area contributed by atoms with Crippen LogP contribution in [0.2, 0.25) is 0 Å². The van der Waals surface area contributed by atoms with E-state index in [1.807, 2.05) is 0 Å².